The zero-order chi connectivity index (χ0) is 33.9. The van der Waals surface area contributed by atoms with Gasteiger partial charge in [-0.05, 0) is 117 Å². The van der Waals surface area contributed by atoms with E-state index >= 15 is 0 Å². The van der Waals surface area contributed by atoms with Crippen LogP contribution in [0.2, 0.25) is 0 Å². The minimum atomic E-state index is 0.345. The Balaban J connectivity index is 1.58. The first-order chi connectivity index (χ1) is 24.5. The van der Waals surface area contributed by atoms with Crippen molar-refractivity contribution < 1.29 is 0 Å². The van der Waals surface area contributed by atoms with Crippen LogP contribution in [-0.4, -0.2) is 0 Å². The van der Waals surface area contributed by atoms with Gasteiger partial charge < -0.3 is 0 Å². The molecular weight excluding hydrogens is 601 g/mol. The molecule has 50 heavy (non-hydrogen) atoms. The lowest BCUT2D eigenvalue weighted by Gasteiger charge is -2.28. The van der Waals surface area contributed by atoms with Gasteiger partial charge in [0.05, 0.1) is 0 Å². The average molecular weight is 641 g/mol. The third-order valence-electron chi connectivity index (χ3n) is 10.7. The normalized spacial score (nSPS) is 12.0. The molecule has 0 aliphatic heterocycles. The summed E-state index contributed by atoms with van der Waals surface area (Å²) in [7, 11) is 0. The Morgan fingerprint density at radius 3 is 1.48 bits per heavy atom. The molecule has 0 amide bonds. The first kappa shape index (κ1) is 30.3. The van der Waals surface area contributed by atoms with Crippen molar-refractivity contribution in [3.8, 4) is 66.8 Å². The monoisotopic (exact) mass is 640 g/mol. The predicted molar refractivity (Wildman–Crippen MR) is 216 cm³/mol. The van der Waals surface area contributed by atoms with Crippen molar-refractivity contribution in [1.29, 1.82) is 0 Å². The van der Waals surface area contributed by atoms with Crippen molar-refractivity contribution in [2.45, 2.75) is 39.5 Å². The molecule has 0 heteroatoms. The Morgan fingerprint density at radius 2 is 0.840 bits per heavy atom. The second kappa shape index (κ2) is 12.0. The van der Waals surface area contributed by atoms with E-state index in [1.807, 2.05) is 0 Å². The lowest BCUT2D eigenvalue weighted by Crippen LogP contribution is -2.04. The van der Waals surface area contributed by atoms with E-state index in [2.05, 4.69) is 185 Å². The van der Waals surface area contributed by atoms with Crippen molar-refractivity contribution in [2.75, 3.05) is 0 Å². The Labute approximate surface area is 295 Å². The zero-order valence-electron chi connectivity index (χ0n) is 29.2. The van der Waals surface area contributed by atoms with E-state index in [0.29, 0.717) is 11.8 Å². The van der Waals surface area contributed by atoms with Crippen molar-refractivity contribution in [1.82, 2.24) is 0 Å². The van der Waals surface area contributed by atoms with E-state index in [-0.39, 0.29) is 0 Å². The van der Waals surface area contributed by atoms with E-state index in [9.17, 15) is 0 Å². The molecule has 0 spiro atoms. The average Bonchev–Trinajstić information content (AvgIpc) is 3.49. The Bertz CT molecular complexity index is 2560. The number of benzene rings is 8. The highest BCUT2D eigenvalue weighted by Crippen LogP contribution is 2.60. The van der Waals surface area contributed by atoms with Crippen LogP contribution >= 0.6 is 0 Å². The van der Waals surface area contributed by atoms with Crippen LogP contribution in [0.3, 0.4) is 0 Å². The maximum absolute atomic E-state index is 2.54. The number of fused-ring (bicyclic) bond motifs is 4. The second-order valence-electron chi connectivity index (χ2n) is 14.3. The molecule has 0 fully saturated rings. The fourth-order valence-electron chi connectivity index (χ4n) is 8.71. The van der Waals surface area contributed by atoms with E-state index in [1.165, 1.54) is 99.4 Å². The van der Waals surface area contributed by atoms with Gasteiger partial charge in [0.1, 0.15) is 0 Å². The molecule has 8 aromatic carbocycles. The van der Waals surface area contributed by atoms with Crippen LogP contribution in [0.25, 0.3) is 88.3 Å². The summed E-state index contributed by atoms with van der Waals surface area (Å²) < 4.78 is 0. The molecule has 0 unspecified atom stereocenters. The van der Waals surface area contributed by atoms with Crippen molar-refractivity contribution >= 4 is 21.5 Å². The Hall–Kier alpha value is -5.72. The SMILES string of the molecule is CC(C)c1cc2c3c(c(-c4ccccc4-c4cccc5ccccc45)c(-c4ccccc4)c(-c4ccccc4)c3c1C(C)C)-c1ccccc1-2. The first-order valence-electron chi connectivity index (χ1n) is 18.0. The highest BCUT2D eigenvalue weighted by Gasteiger charge is 2.34. The summed E-state index contributed by atoms with van der Waals surface area (Å²) in [6, 6.07) is 58.6. The predicted octanol–water partition coefficient (Wildman–Crippen LogP) is 14.6. The van der Waals surface area contributed by atoms with Crippen molar-refractivity contribution in [2.24, 2.45) is 0 Å². The van der Waals surface area contributed by atoms with Gasteiger partial charge in [0.25, 0.3) is 0 Å². The van der Waals surface area contributed by atoms with E-state index in [4.69, 9.17) is 0 Å². The Kier molecular flexibility index (Phi) is 7.29. The number of hydrogen-bond donors (Lipinski definition) is 0. The molecule has 0 aromatic heterocycles. The molecule has 0 N–H and O–H groups in total. The van der Waals surface area contributed by atoms with Crippen LogP contribution in [0.4, 0.5) is 0 Å². The maximum Gasteiger partial charge on any atom is -0.000730 e. The zero-order valence-corrected chi connectivity index (χ0v) is 29.2. The third-order valence-corrected chi connectivity index (χ3v) is 10.7. The van der Waals surface area contributed by atoms with Gasteiger partial charge in [-0.2, -0.15) is 0 Å². The first-order valence-corrected chi connectivity index (χ1v) is 18.0. The summed E-state index contributed by atoms with van der Waals surface area (Å²) in [6.45, 7) is 9.48. The van der Waals surface area contributed by atoms with Gasteiger partial charge in [0.2, 0.25) is 0 Å². The van der Waals surface area contributed by atoms with Crippen molar-refractivity contribution in [3.63, 3.8) is 0 Å². The van der Waals surface area contributed by atoms with Crippen LogP contribution in [-0.2, 0) is 0 Å². The third kappa shape index (κ3) is 4.59. The summed E-state index contributed by atoms with van der Waals surface area (Å²) in [4.78, 5) is 0. The summed E-state index contributed by atoms with van der Waals surface area (Å²) in [5, 5.41) is 5.32. The van der Waals surface area contributed by atoms with Gasteiger partial charge in [-0.15, -0.1) is 0 Å². The van der Waals surface area contributed by atoms with Gasteiger partial charge in [-0.1, -0.05) is 179 Å². The van der Waals surface area contributed by atoms with Crippen LogP contribution in [0.1, 0.15) is 50.7 Å². The van der Waals surface area contributed by atoms with Crippen LogP contribution in [0.15, 0.2) is 158 Å². The van der Waals surface area contributed by atoms with E-state index < -0.39 is 0 Å². The quantitative estimate of drug-likeness (QED) is 0.170. The molecule has 8 aromatic rings. The fraction of sp³-hybridized carbons (Fsp3) is 0.120. The minimum absolute atomic E-state index is 0.345. The molecule has 9 rings (SSSR count). The smallest absolute Gasteiger partial charge is 0.000730 e. The fourth-order valence-corrected chi connectivity index (χ4v) is 8.71. The highest BCUT2D eigenvalue weighted by molar-refractivity contribution is 6.28. The van der Waals surface area contributed by atoms with Crippen LogP contribution in [0.5, 0.6) is 0 Å². The molecule has 0 atom stereocenters. The molecule has 0 nitrogen and oxygen atoms in total. The van der Waals surface area contributed by atoms with Gasteiger partial charge in [-0.25, -0.2) is 0 Å². The largest absolute Gasteiger partial charge is 0.0622 e. The molecule has 0 bridgehead atoms. The van der Waals surface area contributed by atoms with E-state index in [1.54, 1.807) is 0 Å². The van der Waals surface area contributed by atoms with Crippen LogP contribution in [0, 0.1) is 0 Å². The van der Waals surface area contributed by atoms with Gasteiger partial charge in [0, 0.05) is 0 Å². The minimum Gasteiger partial charge on any atom is -0.0622 e. The van der Waals surface area contributed by atoms with E-state index in [0.717, 1.165) is 0 Å². The van der Waals surface area contributed by atoms with Crippen molar-refractivity contribution in [3.05, 3.63) is 169 Å². The highest BCUT2D eigenvalue weighted by atomic mass is 14.4. The molecular formula is C50H40. The van der Waals surface area contributed by atoms with Gasteiger partial charge in [0.15, 0.2) is 0 Å². The molecule has 1 aliphatic carbocycles. The molecule has 0 saturated heterocycles. The molecule has 1 aliphatic rings. The summed E-state index contributed by atoms with van der Waals surface area (Å²) >= 11 is 0. The summed E-state index contributed by atoms with van der Waals surface area (Å²) in [5.74, 6) is 0.734. The summed E-state index contributed by atoms with van der Waals surface area (Å²) in [6.07, 6.45) is 0. The molecule has 0 heterocycles. The molecule has 0 radical (unpaired) electrons. The van der Waals surface area contributed by atoms with Gasteiger partial charge >= 0.3 is 0 Å². The molecule has 0 saturated carbocycles. The topological polar surface area (TPSA) is 0 Å². The van der Waals surface area contributed by atoms with Crippen LogP contribution < -0.4 is 0 Å². The second-order valence-corrected chi connectivity index (χ2v) is 14.3. The van der Waals surface area contributed by atoms with Gasteiger partial charge in [-0.3, -0.25) is 0 Å². The standard InChI is InChI=1S/C50H40/c1-31(2)42-30-43-39-26-14-16-28-41(39)48-47(40-27-15-13-25-38(40)37-29-17-23-33-18-11-12-24-36(33)37)45(34-19-7-5-8-20-34)46(35-21-9-6-10-22-35)50(49(43)48)44(42)32(3)4/h5-32H,1-4H3. The lowest BCUT2D eigenvalue weighted by atomic mass is 9.75. The Morgan fingerprint density at radius 1 is 0.340 bits per heavy atom. The molecule has 240 valence electrons. The number of rotatable bonds is 6. The summed E-state index contributed by atoms with van der Waals surface area (Å²) in [5.41, 5.74) is 18.5. The number of hydrogen-bond acceptors (Lipinski definition) is 0. The maximum atomic E-state index is 2.54. The lowest BCUT2D eigenvalue weighted by molar-refractivity contribution is 0.798.